The van der Waals surface area contributed by atoms with Gasteiger partial charge in [0.2, 0.25) is 5.91 Å². The molecule has 5 nitrogen and oxygen atoms in total. The van der Waals surface area contributed by atoms with Gasteiger partial charge in [0.05, 0.1) is 0 Å². The lowest BCUT2D eigenvalue weighted by atomic mass is 9.95. The van der Waals surface area contributed by atoms with Crippen LogP contribution in [0.25, 0.3) is 0 Å². The number of hydrogen-bond acceptors (Lipinski definition) is 3. The monoisotopic (exact) mass is 236 g/mol. The van der Waals surface area contributed by atoms with Crippen LogP contribution in [0.2, 0.25) is 0 Å². The van der Waals surface area contributed by atoms with Crippen molar-refractivity contribution in [3.63, 3.8) is 0 Å². The second-order valence-electron chi connectivity index (χ2n) is 4.80. The first-order valence-electron chi connectivity index (χ1n) is 6.24. The van der Waals surface area contributed by atoms with Crippen LogP contribution in [0.1, 0.15) is 37.7 Å². The SMILES string of the molecule is Cc1cn(CC(=O)NC2CCCCC2)nc1N. The molecule has 1 heterocycles. The number of nitrogens with two attached hydrogens (primary N) is 1. The lowest BCUT2D eigenvalue weighted by Crippen LogP contribution is -2.38. The number of aryl methyl sites for hydroxylation is 1. The van der Waals surface area contributed by atoms with Crippen LogP contribution in [0.3, 0.4) is 0 Å². The highest BCUT2D eigenvalue weighted by atomic mass is 16.2. The van der Waals surface area contributed by atoms with Crippen molar-refractivity contribution >= 4 is 11.7 Å². The van der Waals surface area contributed by atoms with E-state index in [0.717, 1.165) is 18.4 Å². The predicted molar refractivity (Wildman–Crippen MR) is 66.4 cm³/mol. The van der Waals surface area contributed by atoms with E-state index in [1.54, 1.807) is 10.9 Å². The van der Waals surface area contributed by atoms with Gasteiger partial charge in [0, 0.05) is 17.8 Å². The van der Waals surface area contributed by atoms with Crippen LogP contribution in [-0.4, -0.2) is 21.7 Å². The van der Waals surface area contributed by atoms with Gasteiger partial charge in [0.1, 0.15) is 12.4 Å². The molecule has 1 amide bonds. The van der Waals surface area contributed by atoms with E-state index in [4.69, 9.17) is 5.73 Å². The zero-order valence-electron chi connectivity index (χ0n) is 10.3. The van der Waals surface area contributed by atoms with Gasteiger partial charge in [-0.3, -0.25) is 9.48 Å². The van der Waals surface area contributed by atoms with Gasteiger partial charge in [-0.2, -0.15) is 5.10 Å². The standard InChI is InChI=1S/C12H20N4O/c1-9-7-16(15-12(9)13)8-11(17)14-10-5-3-2-4-6-10/h7,10H,2-6,8H2,1H3,(H2,13,15)(H,14,17). The molecule has 17 heavy (non-hydrogen) atoms. The summed E-state index contributed by atoms with van der Waals surface area (Å²) in [6.45, 7) is 2.15. The quantitative estimate of drug-likeness (QED) is 0.828. The largest absolute Gasteiger partial charge is 0.382 e. The zero-order valence-corrected chi connectivity index (χ0v) is 10.3. The van der Waals surface area contributed by atoms with Crippen LogP contribution in [0.15, 0.2) is 6.20 Å². The average Bonchev–Trinajstić information content (AvgIpc) is 2.59. The zero-order chi connectivity index (χ0) is 12.3. The predicted octanol–water partition coefficient (Wildman–Crippen LogP) is 1.22. The minimum atomic E-state index is 0.0272. The molecule has 0 spiro atoms. The Labute approximate surface area is 101 Å². The van der Waals surface area contributed by atoms with E-state index >= 15 is 0 Å². The molecule has 0 radical (unpaired) electrons. The first-order valence-corrected chi connectivity index (χ1v) is 6.24. The van der Waals surface area contributed by atoms with E-state index in [9.17, 15) is 4.79 Å². The fourth-order valence-corrected chi connectivity index (χ4v) is 2.28. The summed E-state index contributed by atoms with van der Waals surface area (Å²) < 4.78 is 1.60. The summed E-state index contributed by atoms with van der Waals surface area (Å²) in [4.78, 5) is 11.8. The van der Waals surface area contributed by atoms with Crippen molar-refractivity contribution in [3.8, 4) is 0 Å². The molecule has 5 heteroatoms. The molecule has 0 bridgehead atoms. The Morgan fingerprint density at radius 1 is 1.53 bits per heavy atom. The van der Waals surface area contributed by atoms with Crippen molar-refractivity contribution in [1.29, 1.82) is 0 Å². The van der Waals surface area contributed by atoms with Crippen molar-refractivity contribution < 1.29 is 4.79 Å². The van der Waals surface area contributed by atoms with Gasteiger partial charge in [0.25, 0.3) is 0 Å². The van der Waals surface area contributed by atoms with E-state index in [1.807, 2.05) is 6.92 Å². The summed E-state index contributed by atoms with van der Waals surface area (Å²) in [5.41, 5.74) is 6.55. The molecule has 0 unspecified atom stereocenters. The van der Waals surface area contributed by atoms with E-state index in [1.165, 1.54) is 19.3 Å². The molecular formula is C12H20N4O. The van der Waals surface area contributed by atoms with E-state index in [2.05, 4.69) is 10.4 Å². The van der Waals surface area contributed by atoms with Crippen LogP contribution in [0.4, 0.5) is 5.82 Å². The number of nitrogens with one attached hydrogen (secondary N) is 1. The maximum atomic E-state index is 11.8. The molecule has 1 aromatic rings. The number of nitrogens with zero attached hydrogens (tertiary/aromatic N) is 2. The summed E-state index contributed by atoms with van der Waals surface area (Å²) in [6, 6.07) is 0.352. The molecule has 1 aromatic heterocycles. The topological polar surface area (TPSA) is 72.9 Å². The van der Waals surface area contributed by atoms with Crippen LogP contribution < -0.4 is 11.1 Å². The fraction of sp³-hybridized carbons (Fsp3) is 0.667. The van der Waals surface area contributed by atoms with Crippen molar-refractivity contribution in [1.82, 2.24) is 15.1 Å². The smallest absolute Gasteiger partial charge is 0.241 e. The number of rotatable bonds is 3. The number of carbonyl (C=O) groups is 1. The Bertz CT molecular complexity index is 374. The minimum absolute atomic E-state index is 0.0272. The Morgan fingerprint density at radius 3 is 2.82 bits per heavy atom. The number of amides is 1. The average molecular weight is 236 g/mol. The Morgan fingerprint density at radius 2 is 2.24 bits per heavy atom. The molecule has 1 aliphatic carbocycles. The second-order valence-corrected chi connectivity index (χ2v) is 4.80. The lowest BCUT2D eigenvalue weighted by molar-refractivity contribution is -0.122. The molecule has 1 fully saturated rings. The Balaban J connectivity index is 1.84. The van der Waals surface area contributed by atoms with Gasteiger partial charge in [0.15, 0.2) is 0 Å². The van der Waals surface area contributed by atoms with Crippen LogP contribution >= 0.6 is 0 Å². The van der Waals surface area contributed by atoms with E-state index in [-0.39, 0.29) is 12.5 Å². The summed E-state index contributed by atoms with van der Waals surface area (Å²) in [5, 5.41) is 7.13. The highest BCUT2D eigenvalue weighted by Crippen LogP contribution is 2.17. The van der Waals surface area contributed by atoms with Crippen LogP contribution in [0, 0.1) is 6.92 Å². The maximum absolute atomic E-state index is 11.8. The molecule has 0 saturated heterocycles. The van der Waals surface area contributed by atoms with Gasteiger partial charge < -0.3 is 11.1 Å². The fourth-order valence-electron chi connectivity index (χ4n) is 2.28. The number of hydrogen-bond donors (Lipinski definition) is 2. The van der Waals surface area contributed by atoms with Gasteiger partial charge in [-0.1, -0.05) is 19.3 Å². The van der Waals surface area contributed by atoms with Gasteiger partial charge >= 0.3 is 0 Å². The third-order valence-corrected chi connectivity index (χ3v) is 3.26. The molecule has 0 aromatic carbocycles. The lowest BCUT2D eigenvalue weighted by Gasteiger charge is -2.22. The van der Waals surface area contributed by atoms with Gasteiger partial charge in [-0.15, -0.1) is 0 Å². The molecule has 2 rings (SSSR count). The van der Waals surface area contributed by atoms with Gasteiger partial charge in [-0.25, -0.2) is 0 Å². The summed E-state index contributed by atoms with van der Waals surface area (Å²) in [5.74, 6) is 0.523. The molecule has 3 N–H and O–H groups in total. The van der Waals surface area contributed by atoms with E-state index in [0.29, 0.717) is 11.9 Å². The molecular weight excluding hydrogens is 216 g/mol. The summed E-state index contributed by atoms with van der Waals surface area (Å²) in [6.07, 6.45) is 7.74. The maximum Gasteiger partial charge on any atom is 0.241 e. The Kier molecular flexibility index (Phi) is 3.66. The molecule has 0 aliphatic heterocycles. The van der Waals surface area contributed by atoms with Crippen molar-refractivity contribution in [2.45, 2.75) is 51.6 Å². The highest BCUT2D eigenvalue weighted by molar-refractivity contribution is 5.76. The van der Waals surface area contributed by atoms with Gasteiger partial charge in [-0.05, 0) is 19.8 Å². The molecule has 0 atom stereocenters. The van der Waals surface area contributed by atoms with Crippen molar-refractivity contribution in [2.75, 3.05) is 5.73 Å². The number of carbonyl (C=O) groups excluding carboxylic acids is 1. The van der Waals surface area contributed by atoms with Crippen molar-refractivity contribution in [3.05, 3.63) is 11.8 Å². The van der Waals surface area contributed by atoms with Crippen molar-refractivity contribution in [2.24, 2.45) is 0 Å². The van der Waals surface area contributed by atoms with Crippen LogP contribution in [-0.2, 0) is 11.3 Å². The number of aromatic nitrogens is 2. The number of nitrogen functional groups attached to an aromatic ring is 1. The van der Waals surface area contributed by atoms with Crippen LogP contribution in [0.5, 0.6) is 0 Å². The molecule has 94 valence electrons. The minimum Gasteiger partial charge on any atom is -0.382 e. The molecule has 1 saturated carbocycles. The third kappa shape index (κ3) is 3.22. The number of anilines is 1. The second kappa shape index (κ2) is 5.21. The summed E-state index contributed by atoms with van der Waals surface area (Å²) >= 11 is 0. The highest BCUT2D eigenvalue weighted by Gasteiger charge is 2.16. The summed E-state index contributed by atoms with van der Waals surface area (Å²) in [7, 11) is 0. The normalized spacial score (nSPS) is 17.0. The molecule has 1 aliphatic rings. The first kappa shape index (κ1) is 12.0. The third-order valence-electron chi connectivity index (χ3n) is 3.26. The first-order chi connectivity index (χ1) is 8.15. The van der Waals surface area contributed by atoms with E-state index < -0.39 is 0 Å². The Hall–Kier alpha value is -1.52.